The van der Waals surface area contributed by atoms with Crippen LogP contribution in [0.2, 0.25) is 0 Å². The van der Waals surface area contributed by atoms with Crippen LogP contribution in [0.25, 0.3) is 0 Å². The van der Waals surface area contributed by atoms with Crippen LogP contribution in [-0.4, -0.2) is 59.6 Å². The molecule has 2 aromatic rings. The highest BCUT2D eigenvalue weighted by molar-refractivity contribution is 5.93. The van der Waals surface area contributed by atoms with Gasteiger partial charge in [-0.3, -0.25) is 14.4 Å². The number of ether oxygens (including phenoxy) is 2. The average Bonchev–Trinajstić information content (AvgIpc) is 3.72. The molecule has 0 radical (unpaired) electrons. The summed E-state index contributed by atoms with van der Waals surface area (Å²) in [6, 6.07) is 14.8. The number of rotatable bonds is 12. The van der Waals surface area contributed by atoms with E-state index >= 15 is 0 Å². The summed E-state index contributed by atoms with van der Waals surface area (Å²) in [7, 11) is 0. The third-order valence-electron chi connectivity index (χ3n) is 6.32. The number of alkyl carbamates (subject to hydrolysis) is 1. The minimum atomic E-state index is -0.960. The number of aryl methyl sites for hydroxylation is 1. The van der Waals surface area contributed by atoms with Crippen molar-refractivity contribution in [1.29, 1.82) is 0 Å². The van der Waals surface area contributed by atoms with Crippen molar-refractivity contribution in [1.82, 2.24) is 15.5 Å². The van der Waals surface area contributed by atoms with E-state index < -0.39 is 35.7 Å². The molecule has 0 aromatic heterocycles. The third kappa shape index (κ3) is 9.39. The topological polar surface area (TPSA) is 114 Å². The molecule has 216 valence electrons. The molecule has 0 heterocycles. The normalized spacial score (nSPS) is 14.4. The fraction of sp³-hybridized carbons (Fsp3) is 0.484. The summed E-state index contributed by atoms with van der Waals surface area (Å²) in [4.78, 5) is 54.2. The second-order valence-electron chi connectivity index (χ2n) is 11.0. The predicted molar refractivity (Wildman–Crippen MR) is 151 cm³/mol. The zero-order valence-electron chi connectivity index (χ0n) is 24.1. The molecule has 3 amide bonds. The largest absolute Gasteiger partial charge is 0.466 e. The Morgan fingerprint density at radius 2 is 1.65 bits per heavy atom. The second-order valence-corrected chi connectivity index (χ2v) is 11.0. The number of esters is 1. The highest BCUT2D eigenvalue weighted by atomic mass is 16.6. The van der Waals surface area contributed by atoms with Crippen LogP contribution in [0.4, 0.5) is 4.79 Å². The van der Waals surface area contributed by atoms with Gasteiger partial charge in [0.1, 0.15) is 17.7 Å². The van der Waals surface area contributed by atoms with Crippen LogP contribution in [0, 0.1) is 6.92 Å². The number of nitrogens with zero attached hydrogens (tertiary/aromatic N) is 1. The summed E-state index contributed by atoms with van der Waals surface area (Å²) in [5.74, 6) is -1.18. The summed E-state index contributed by atoms with van der Waals surface area (Å²) >= 11 is 0. The number of hydrogen-bond donors (Lipinski definition) is 2. The van der Waals surface area contributed by atoms with E-state index in [0.29, 0.717) is 5.56 Å². The number of nitrogens with one attached hydrogen (secondary N) is 2. The summed E-state index contributed by atoms with van der Waals surface area (Å²) in [6.45, 7) is 9.27. The molecule has 2 atom stereocenters. The Bertz CT molecular complexity index is 1160. The SMILES string of the molecule is CCOC(=O)CCNC(=O)C(c1ccc(C)cc1)N(C(=O)C(Cc1ccccc1)NC(=O)OC(C)(C)C)C1CC1. The van der Waals surface area contributed by atoms with Gasteiger partial charge in [-0.1, -0.05) is 60.2 Å². The molecule has 0 bridgehead atoms. The highest BCUT2D eigenvalue weighted by Gasteiger charge is 2.44. The van der Waals surface area contributed by atoms with Gasteiger partial charge in [0.15, 0.2) is 0 Å². The Balaban J connectivity index is 1.93. The number of amides is 3. The molecule has 2 N–H and O–H groups in total. The number of carbonyl (C=O) groups is 4. The van der Waals surface area contributed by atoms with Crippen LogP contribution < -0.4 is 10.6 Å². The van der Waals surface area contributed by atoms with Crippen LogP contribution >= 0.6 is 0 Å². The van der Waals surface area contributed by atoms with Crippen molar-refractivity contribution >= 4 is 23.9 Å². The molecule has 0 saturated heterocycles. The first-order valence-corrected chi connectivity index (χ1v) is 13.8. The van der Waals surface area contributed by atoms with Crippen LogP contribution in [0.1, 0.15) is 69.7 Å². The van der Waals surface area contributed by atoms with Crippen molar-refractivity contribution in [3.05, 3.63) is 71.3 Å². The van der Waals surface area contributed by atoms with Crippen molar-refractivity contribution in [2.75, 3.05) is 13.2 Å². The lowest BCUT2D eigenvalue weighted by Crippen LogP contribution is -2.54. The second kappa shape index (κ2) is 14.0. The van der Waals surface area contributed by atoms with Crippen LogP contribution in [0.15, 0.2) is 54.6 Å². The summed E-state index contributed by atoms with van der Waals surface area (Å²) in [5.41, 5.74) is 1.78. The van der Waals surface area contributed by atoms with Gasteiger partial charge in [-0.2, -0.15) is 0 Å². The van der Waals surface area contributed by atoms with Gasteiger partial charge in [-0.25, -0.2) is 4.79 Å². The lowest BCUT2D eigenvalue weighted by atomic mass is 9.99. The Labute approximate surface area is 236 Å². The number of benzene rings is 2. The fourth-order valence-corrected chi connectivity index (χ4v) is 4.35. The highest BCUT2D eigenvalue weighted by Crippen LogP contribution is 2.36. The molecule has 9 nitrogen and oxygen atoms in total. The molecular formula is C31H41N3O6. The predicted octanol–water partition coefficient (Wildman–Crippen LogP) is 4.23. The lowest BCUT2D eigenvalue weighted by molar-refractivity contribution is -0.144. The van der Waals surface area contributed by atoms with Gasteiger partial charge < -0.3 is 25.0 Å². The van der Waals surface area contributed by atoms with Gasteiger partial charge in [-0.15, -0.1) is 0 Å². The van der Waals surface area contributed by atoms with Gasteiger partial charge in [0, 0.05) is 19.0 Å². The Kier molecular flexibility index (Phi) is 10.7. The van der Waals surface area contributed by atoms with E-state index in [0.717, 1.165) is 24.0 Å². The fourth-order valence-electron chi connectivity index (χ4n) is 4.35. The van der Waals surface area contributed by atoms with E-state index in [2.05, 4.69) is 10.6 Å². The number of hydrogen-bond acceptors (Lipinski definition) is 6. The molecule has 1 aliphatic carbocycles. The summed E-state index contributed by atoms with van der Waals surface area (Å²) in [5, 5.41) is 5.58. The molecule has 3 rings (SSSR count). The minimum Gasteiger partial charge on any atom is -0.466 e. The van der Waals surface area contributed by atoms with Gasteiger partial charge in [-0.05, 0) is 58.6 Å². The van der Waals surface area contributed by atoms with Gasteiger partial charge in [0.05, 0.1) is 13.0 Å². The summed E-state index contributed by atoms with van der Waals surface area (Å²) in [6.07, 6.45) is 1.04. The molecular weight excluding hydrogens is 510 g/mol. The van der Waals surface area contributed by atoms with Crippen molar-refractivity contribution in [2.24, 2.45) is 0 Å². The maximum Gasteiger partial charge on any atom is 0.408 e. The quantitative estimate of drug-likeness (QED) is 0.382. The minimum absolute atomic E-state index is 0.0222. The maximum absolute atomic E-state index is 14.3. The molecule has 0 spiro atoms. The Morgan fingerprint density at radius 3 is 2.23 bits per heavy atom. The van der Waals surface area contributed by atoms with E-state index in [1.807, 2.05) is 61.5 Å². The molecule has 1 saturated carbocycles. The maximum atomic E-state index is 14.3. The van der Waals surface area contributed by atoms with E-state index in [-0.39, 0.29) is 37.9 Å². The molecule has 1 aliphatic rings. The zero-order chi connectivity index (χ0) is 29.3. The lowest BCUT2D eigenvalue weighted by Gasteiger charge is -2.35. The molecule has 9 heteroatoms. The van der Waals surface area contributed by atoms with Gasteiger partial charge in [0.25, 0.3) is 0 Å². The molecule has 0 aliphatic heterocycles. The smallest absolute Gasteiger partial charge is 0.408 e. The first-order chi connectivity index (χ1) is 19.0. The monoisotopic (exact) mass is 551 g/mol. The van der Waals surface area contributed by atoms with Crippen molar-refractivity contribution < 1.29 is 28.7 Å². The van der Waals surface area contributed by atoms with Crippen LogP contribution in [0.3, 0.4) is 0 Å². The van der Waals surface area contributed by atoms with E-state index in [9.17, 15) is 19.2 Å². The Hall–Kier alpha value is -3.88. The van der Waals surface area contributed by atoms with E-state index in [1.54, 1.807) is 32.6 Å². The summed E-state index contributed by atoms with van der Waals surface area (Å²) < 4.78 is 10.4. The molecule has 1 fully saturated rings. The van der Waals surface area contributed by atoms with Crippen molar-refractivity contribution in [3.63, 3.8) is 0 Å². The van der Waals surface area contributed by atoms with Gasteiger partial charge >= 0.3 is 12.1 Å². The molecule has 2 aromatic carbocycles. The third-order valence-corrected chi connectivity index (χ3v) is 6.32. The molecule has 2 unspecified atom stereocenters. The van der Waals surface area contributed by atoms with Gasteiger partial charge in [0.2, 0.25) is 11.8 Å². The first-order valence-electron chi connectivity index (χ1n) is 13.8. The van der Waals surface area contributed by atoms with Crippen LogP contribution in [0.5, 0.6) is 0 Å². The number of carbonyl (C=O) groups excluding carboxylic acids is 4. The van der Waals surface area contributed by atoms with Crippen molar-refractivity contribution in [3.8, 4) is 0 Å². The first kappa shape index (κ1) is 30.7. The zero-order valence-corrected chi connectivity index (χ0v) is 24.1. The Morgan fingerprint density at radius 1 is 1.00 bits per heavy atom. The molecule has 40 heavy (non-hydrogen) atoms. The average molecular weight is 552 g/mol. The van der Waals surface area contributed by atoms with Crippen LogP contribution in [-0.2, 0) is 30.3 Å². The van der Waals surface area contributed by atoms with Crippen molar-refractivity contribution in [2.45, 2.75) is 84.0 Å². The van der Waals surface area contributed by atoms with E-state index in [1.165, 1.54) is 0 Å². The standard InChI is InChI=1S/C31H41N3O6/c1-6-39-26(35)18-19-32-28(36)27(23-14-12-21(2)13-15-23)34(24-16-17-24)29(37)25(20-22-10-8-7-9-11-22)33-30(38)40-31(3,4)5/h7-15,24-25,27H,6,16-20H2,1-5H3,(H,32,36)(H,33,38). The van der Waals surface area contributed by atoms with E-state index in [4.69, 9.17) is 9.47 Å².